The van der Waals surface area contributed by atoms with Gasteiger partial charge in [-0.15, -0.1) is 0 Å². The minimum Gasteiger partial charge on any atom is -0.497 e. The second-order valence-corrected chi connectivity index (χ2v) is 6.37. The van der Waals surface area contributed by atoms with Crippen LogP contribution in [-0.2, 0) is 13.0 Å². The smallest absolute Gasteiger partial charge is 0.147 e. The van der Waals surface area contributed by atoms with Crippen molar-refractivity contribution in [3.8, 4) is 11.5 Å². The molecule has 0 amide bonds. The van der Waals surface area contributed by atoms with Crippen LogP contribution in [0.4, 0.5) is 0 Å². The van der Waals surface area contributed by atoms with Gasteiger partial charge in [-0.3, -0.25) is 0 Å². The van der Waals surface area contributed by atoms with Crippen LogP contribution in [0.5, 0.6) is 11.5 Å². The van der Waals surface area contributed by atoms with Gasteiger partial charge >= 0.3 is 0 Å². The molecule has 6 heteroatoms. The molecule has 0 spiro atoms. The summed E-state index contributed by atoms with van der Waals surface area (Å²) in [7, 11) is 1.67. The first-order valence-corrected chi connectivity index (χ1v) is 8.35. The maximum atomic E-state index is 5.86. The van der Waals surface area contributed by atoms with Gasteiger partial charge in [-0.25, -0.2) is 9.67 Å². The van der Waals surface area contributed by atoms with Gasteiger partial charge in [0.2, 0.25) is 0 Å². The number of hydrogen-bond donors (Lipinski definition) is 1. The van der Waals surface area contributed by atoms with E-state index in [1.165, 1.54) is 5.57 Å². The quantitative estimate of drug-likeness (QED) is 0.931. The molecule has 0 fully saturated rings. The number of aryl methyl sites for hydroxylation is 2. The monoisotopic (exact) mass is 326 g/mol. The highest BCUT2D eigenvalue weighted by molar-refractivity contribution is 5.63. The minimum atomic E-state index is 0.428. The summed E-state index contributed by atoms with van der Waals surface area (Å²) < 4.78 is 13.1. The van der Waals surface area contributed by atoms with Crippen molar-refractivity contribution in [1.29, 1.82) is 0 Å². The standard InChI is InChI=1S/C18H22N4O2/c1-12-20-18-6-4-15(10-22(18)21-12)19-9-13-7-14-3-5-16(23-2)8-17(14)24-11-13/h3,5,7-8,15,19H,4,6,9-11H2,1-2H3. The van der Waals surface area contributed by atoms with E-state index in [1.54, 1.807) is 7.11 Å². The van der Waals surface area contributed by atoms with Gasteiger partial charge in [-0.1, -0.05) is 0 Å². The van der Waals surface area contributed by atoms with E-state index < -0.39 is 0 Å². The van der Waals surface area contributed by atoms with Gasteiger partial charge in [0.15, 0.2) is 0 Å². The van der Waals surface area contributed by atoms with Crippen molar-refractivity contribution < 1.29 is 9.47 Å². The summed E-state index contributed by atoms with van der Waals surface area (Å²) in [6.45, 7) is 4.29. The molecule has 0 aliphatic carbocycles. The number of rotatable bonds is 4. The average Bonchev–Trinajstić information content (AvgIpc) is 2.98. The second-order valence-electron chi connectivity index (χ2n) is 6.37. The normalized spacial score (nSPS) is 19.1. The van der Waals surface area contributed by atoms with Crippen LogP contribution in [0.2, 0.25) is 0 Å². The van der Waals surface area contributed by atoms with Gasteiger partial charge in [0.05, 0.1) is 13.7 Å². The highest BCUT2D eigenvalue weighted by Gasteiger charge is 2.21. The molecule has 126 valence electrons. The summed E-state index contributed by atoms with van der Waals surface area (Å²) in [4.78, 5) is 4.46. The lowest BCUT2D eigenvalue weighted by Crippen LogP contribution is -2.39. The van der Waals surface area contributed by atoms with Crippen LogP contribution in [0.3, 0.4) is 0 Å². The molecule has 1 unspecified atom stereocenters. The molecule has 4 rings (SSSR count). The lowest BCUT2D eigenvalue weighted by Gasteiger charge is -2.25. The van der Waals surface area contributed by atoms with Gasteiger partial charge in [0.1, 0.15) is 29.8 Å². The molecule has 2 aliphatic heterocycles. The molecule has 1 N–H and O–H groups in total. The summed E-state index contributed by atoms with van der Waals surface area (Å²) in [5.41, 5.74) is 2.37. The Morgan fingerprint density at radius 1 is 1.42 bits per heavy atom. The van der Waals surface area contributed by atoms with Crippen molar-refractivity contribution in [2.45, 2.75) is 32.4 Å². The Morgan fingerprint density at radius 2 is 2.33 bits per heavy atom. The van der Waals surface area contributed by atoms with E-state index in [1.807, 2.05) is 29.8 Å². The summed E-state index contributed by atoms with van der Waals surface area (Å²) >= 11 is 0. The molecule has 0 saturated heterocycles. The molecule has 2 aliphatic rings. The van der Waals surface area contributed by atoms with E-state index in [2.05, 4.69) is 21.5 Å². The van der Waals surface area contributed by atoms with Gasteiger partial charge in [0, 0.05) is 30.6 Å². The average molecular weight is 326 g/mol. The number of methoxy groups -OCH3 is 1. The number of ether oxygens (including phenoxy) is 2. The summed E-state index contributed by atoms with van der Waals surface area (Å²) in [5, 5.41) is 8.09. The Balaban J connectivity index is 1.39. The highest BCUT2D eigenvalue weighted by atomic mass is 16.5. The third kappa shape index (κ3) is 3.01. The molecular formula is C18H22N4O2. The number of hydrogen-bond acceptors (Lipinski definition) is 5. The maximum Gasteiger partial charge on any atom is 0.147 e. The zero-order valence-corrected chi connectivity index (χ0v) is 14.1. The molecular weight excluding hydrogens is 304 g/mol. The van der Waals surface area contributed by atoms with Crippen molar-refractivity contribution in [2.75, 3.05) is 20.3 Å². The van der Waals surface area contributed by atoms with E-state index in [0.29, 0.717) is 12.6 Å². The third-order valence-corrected chi connectivity index (χ3v) is 4.58. The van der Waals surface area contributed by atoms with E-state index >= 15 is 0 Å². The zero-order chi connectivity index (χ0) is 16.5. The Morgan fingerprint density at radius 3 is 3.21 bits per heavy atom. The number of benzene rings is 1. The lowest BCUT2D eigenvalue weighted by atomic mass is 10.0. The predicted octanol–water partition coefficient (Wildman–Crippen LogP) is 1.98. The molecule has 0 bridgehead atoms. The van der Waals surface area contributed by atoms with Crippen LogP contribution in [0.25, 0.3) is 6.08 Å². The van der Waals surface area contributed by atoms with E-state index in [-0.39, 0.29) is 0 Å². The molecule has 2 aromatic rings. The molecule has 24 heavy (non-hydrogen) atoms. The van der Waals surface area contributed by atoms with Crippen LogP contribution >= 0.6 is 0 Å². The number of nitrogens with one attached hydrogen (secondary N) is 1. The molecule has 1 aromatic heterocycles. The number of fused-ring (bicyclic) bond motifs is 2. The van der Waals surface area contributed by atoms with Crippen molar-refractivity contribution >= 4 is 6.08 Å². The third-order valence-electron chi connectivity index (χ3n) is 4.58. The first-order chi connectivity index (χ1) is 11.7. The second kappa shape index (κ2) is 6.28. The molecule has 0 saturated carbocycles. The molecule has 6 nitrogen and oxygen atoms in total. The van der Waals surface area contributed by atoms with Gasteiger partial charge < -0.3 is 14.8 Å². The fourth-order valence-electron chi connectivity index (χ4n) is 3.30. The number of nitrogens with zero attached hydrogens (tertiary/aromatic N) is 3. The minimum absolute atomic E-state index is 0.428. The Labute approximate surface area is 141 Å². The topological polar surface area (TPSA) is 61.2 Å². The molecule has 0 radical (unpaired) electrons. The van der Waals surface area contributed by atoms with E-state index in [9.17, 15) is 0 Å². The van der Waals surface area contributed by atoms with Crippen molar-refractivity contribution in [3.05, 3.63) is 41.0 Å². The van der Waals surface area contributed by atoms with Crippen LogP contribution < -0.4 is 14.8 Å². The van der Waals surface area contributed by atoms with E-state index in [0.717, 1.165) is 54.6 Å². The van der Waals surface area contributed by atoms with E-state index in [4.69, 9.17) is 9.47 Å². The van der Waals surface area contributed by atoms with Gasteiger partial charge in [0.25, 0.3) is 0 Å². The predicted molar refractivity (Wildman–Crippen MR) is 91.3 cm³/mol. The van der Waals surface area contributed by atoms with Crippen LogP contribution in [0.15, 0.2) is 23.8 Å². The van der Waals surface area contributed by atoms with Crippen LogP contribution in [0.1, 0.15) is 23.6 Å². The van der Waals surface area contributed by atoms with Crippen molar-refractivity contribution in [1.82, 2.24) is 20.1 Å². The fourth-order valence-corrected chi connectivity index (χ4v) is 3.30. The largest absolute Gasteiger partial charge is 0.497 e. The summed E-state index contributed by atoms with van der Waals surface area (Å²) in [5.74, 6) is 3.68. The first kappa shape index (κ1) is 15.2. The fraction of sp³-hybridized carbons (Fsp3) is 0.444. The Kier molecular flexibility index (Phi) is 3.98. The molecule has 1 atom stereocenters. The summed E-state index contributed by atoms with van der Waals surface area (Å²) in [6, 6.07) is 6.37. The Bertz CT molecular complexity index is 781. The number of aromatic nitrogens is 3. The van der Waals surface area contributed by atoms with Crippen LogP contribution in [0, 0.1) is 6.92 Å². The zero-order valence-electron chi connectivity index (χ0n) is 14.1. The van der Waals surface area contributed by atoms with Crippen molar-refractivity contribution in [2.24, 2.45) is 0 Å². The SMILES string of the molecule is COc1ccc2c(c1)OCC(CNC1CCc3nc(C)nn3C1)=C2. The van der Waals surface area contributed by atoms with Crippen LogP contribution in [-0.4, -0.2) is 41.1 Å². The van der Waals surface area contributed by atoms with Gasteiger partial charge in [-0.05, 0) is 37.1 Å². The summed E-state index contributed by atoms with van der Waals surface area (Å²) in [6.07, 6.45) is 4.29. The molecule has 3 heterocycles. The highest BCUT2D eigenvalue weighted by Crippen LogP contribution is 2.30. The van der Waals surface area contributed by atoms with Crippen molar-refractivity contribution in [3.63, 3.8) is 0 Å². The maximum absolute atomic E-state index is 5.86. The lowest BCUT2D eigenvalue weighted by molar-refractivity contribution is 0.327. The molecule has 1 aromatic carbocycles. The first-order valence-electron chi connectivity index (χ1n) is 8.35. The Hall–Kier alpha value is -2.34. The van der Waals surface area contributed by atoms with Gasteiger partial charge in [-0.2, -0.15) is 5.10 Å².